The molecule has 1 N–H and O–H groups in total. The fraction of sp³-hybridized carbons (Fsp3) is 0.105. The van der Waals surface area contributed by atoms with Crippen LogP contribution in [0.3, 0.4) is 0 Å². The largest absolute Gasteiger partial charge is 0.454 e. The highest BCUT2D eigenvalue weighted by molar-refractivity contribution is 6.28. The van der Waals surface area contributed by atoms with Gasteiger partial charge >= 0.3 is 0 Å². The van der Waals surface area contributed by atoms with E-state index in [0.29, 0.717) is 12.4 Å². The van der Waals surface area contributed by atoms with Gasteiger partial charge in [-0.25, -0.2) is 14.6 Å². The highest BCUT2D eigenvalue weighted by atomic mass is 35.5. The second kappa shape index (κ2) is 6.44. The zero-order chi connectivity index (χ0) is 18.2. The predicted molar refractivity (Wildman–Crippen MR) is 102 cm³/mol. The van der Waals surface area contributed by atoms with E-state index in [2.05, 4.69) is 20.4 Å². The van der Waals surface area contributed by atoms with Crippen molar-refractivity contribution in [1.82, 2.24) is 19.7 Å². The summed E-state index contributed by atoms with van der Waals surface area (Å²) < 4.78 is 12.6. The highest BCUT2D eigenvalue weighted by Crippen LogP contribution is 2.33. The summed E-state index contributed by atoms with van der Waals surface area (Å²) in [6.45, 7) is 0.819. The summed E-state index contributed by atoms with van der Waals surface area (Å²) >= 11 is 6.11. The second-order valence-electron chi connectivity index (χ2n) is 6.03. The highest BCUT2D eigenvalue weighted by Gasteiger charge is 2.14. The van der Waals surface area contributed by atoms with Gasteiger partial charge in [0.1, 0.15) is 5.82 Å². The molecular weight excluding hydrogens is 366 g/mol. The normalized spacial score (nSPS) is 12.5. The maximum atomic E-state index is 6.11. The summed E-state index contributed by atoms with van der Waals surface area (Å²) in [7, 11) is 0. The molecule has 0 unspecified atom stereocenters. The first kappa shape index (κ1) is 15.9. The van der Waals surface area contributed by atoms with E-state index >= 15 is 0 Å². The SMILES string of the molecule is Clc1nc(NCc2ccc3c(c2)OCO3)c2cc(-n3cccn3)ccc2n1. The van der Waals surface area contributed by atoms with Crippen molar-refractivity contribution in [3.63, 3.8) is 0 Å². The molecule has 0 saturated heterocycles. The van der Waals surface area contributed by atoms with Gasteiger partial charge in [-0.1, -0.05) is 6.07 Å². The monoisotopic (exact) mass is 379 g/mol. The average Bonchev–Trinajstić information content (AvgIpc) is 3.37. The number of nitrogens with zero attached hydrogens (tertiary/aromatic N) is 4. The van der Waals surface area contributed by atoms with Crippen molar-refractivity contribution >= 4 is 28.3 Å². The van der Waals surface area contributed by atoms with E-state index in [0.717, 1.165) is 33.7 Å². The number of halogens is 1. The molecule has 5 rings (SSSR count). The van der Waals surface area contributed by atoms with Gasteiger partial charge in [-0.3, -0.25) is 0 Å². The van der Waals surface area contributed by atoms with Crippen molar-refractivity contribution in [2.24, 2.45) is 0 Å². The van der Waals surface area contributed by atoms with Crippen LogP contribution in [0.4, 0.5) is 5.82 Å². The summed E-state index contributed by atoms with van der Waals surface area (Å²) in [5.74, 6) is 2.18. The molecule has 8 heteroatoms. The molecule has 0 fully saturated rings. The molecule has 27 heavy (non-hydrogen) atoms. The maximum Gasteiger partial charge on any atom is 0.231 e. The van der Waals surface area contributed by atoms with Crippen LogP contribution < -0.4 is 14.8 Å². The molecule has 0 bridgehead atoms. The lowest BCUT2D eigenvalue weighted by molar-refractivity contribution is 0.174. The molecule has 3 heterocycles. The zero-order valence-electron chi connectivity index (χ0n) is 14.1. The van der Waals surface area contributed by atoms with Crippen LogP contribution in [0.15, 0.2) is 54.9 Å². The number of anilines is 1. The first-order valence-electron chi connectivity index (χ1n) is 8.36. The number of aromatic nitrogens is 4. The molecule has 0 radical (unpaired) electrons. The van der Waals surface area contributed by atoms with Gasteiger partial charge in [0.05, 0.1) is 11.2 Å². The van der Waals surface area contributed by atoms with E-state index in [1.165, 1.54) is 0 Å². The number of hydrogen-bond acceptors (Lipinski definition) is 6. The molecule has 7 nitrogen and oxygen atoms in total. The Bertz CT molecular complexity index is 1130. The van der Waals surface area contributed by atoms with Crippen molar-refractivity contribution in [2.45, 2.75) is 6.54 Å². The molecule has 1 aliphatic rings. The Morgan fingerprint density at radius 1 is 1.07 bits per heavy atom. The third-order valence-corrected chi connectivity index (χ3v) is 4.49. The molecule has 0 amide bonds. The molecule has 2 aromatic heterocycles. The van der Waals surface area contributed by atoms with E-state index in [9.17, 15) is 0 Å². The Hall–Kier alpha value is -3.32. The standard InChI is InChI=1S/C19H14ClN5O2/c20-19-23-15-4-3-13(25-7-1-6-22-25)9-14(15)18(24-19)21-10-12-2-5-16-17(8-12)27-11-26-16/h1-9H,10-11H2,(H,21,23,24). The molecule has 4 aromatic rings. The summed E-state index contributed by atoms with van der Waals surface area (Å²) in [4.78, 5) is 8.68. The minimum Gasteiger partial charge on any atom is -0.454 e. The molecule has 134 valence electrons. The maximum absolute atomic E-state index is 6.11. The zero-order valence-corrected chi connectivity index (χ0v) is 14.8. The van der Waals surface area contributed by atoms with E-state index in [1.54, 1.807) is 10.9 Å². The van der Waals surface area contributed by atoms with Crippen LogP contribution in [0.1, 0.15) is 5.56 Å². The molecule has 0 atom stereocenters. The van der Waals surface area contributed by atoms with Crippen LogP contribution >= 0.6 is 11.6 Å². The van der Waals surface area contributed by atoms with Crippen molar-refractivity contribution in [3.05, 3.63) is 65.7 Å². The van der Waals surface area contributed by atoms with Crippen LogP contribution in [-0.4, -0.2) is 26.5 Å². The van der Waals surface area contributed by atoms with Gasteiger partial charge in [-0.05, 0) is 53.6 Å². The first-order chi connectivity index (χ1) is 13.3. The van der Waals surface area contributed by atoms with Gasteiger partial charge in [0.2, 0.25) is 12.1 Å². The van der Waals surface area contributed by atoms with Gasteiger partial charge in [-0.2, -0.15) is 5.10 Å². The van der Waals surface area contributed by atoms with E-state index < -0.39 is 0 Å². The van der Waals surface area contributed by atoms with E-state index in [-0.39, 0.29) is 12.1 Å². The molecular formula is C19H14ClN5O2. The summed E-state index contributed by atoms with van der Waals surface area (Å²) in [6.07, 6.45) is 3.62. The van der Waals surface area contributed by atoms with Gasteiger partial charge < -0.3 is 14.8 Å². The van der Waals surface area contributed by atoms with Crippen LogP contribution in [0.25, 0.3) is 16.6 Å². The molecule has 1 aliphatic heterocycles. The van der Waals surface area contributed by atoms with Gasteiger partial charge in [0.25, 0.3) is 0 Å². The first-order valence-corrected chi connectivity index (χ1v) is 8.74. The Morgan fingerprint density at radius 3 is 2.89 bits per heavy atom. The smallest absolute Gasteiger partial charge is 0.231 e. The summed E-state index contributed by atoms with van der Waals surface area (Å²) in [6, 6.07) is 13.6. The Balaban J connectivity index is 1.48. The second-order valence-corrected chi connectivity index (χ2v) is 6.37. The number of fused-ring (bicyclic) bond motifs is 2. The number of rotatable bonds is 4. The molecule has 0 spiro atoms. The topological polar surface area (TPSA) is 74.1 Å². The quantitative estimate of drug-likeness (QED) is 0.543. The van der Waals surface area contributed by atoms with Gasteiger partial charge in [-0.15, -0.1) is 0 Å². The third-order valence-electron chi connectivity index (χ3n) is 4.32. The van der Waals surface area contributed by atoms with Crippen LogP contribution in [-0.2, 0) is 6.54 Å². The van der Waals surface area contributed by atoms with Crippen LogP contribution in [0.5, 0.6) is 11.5 Å². The number of hydrogen-bond donors (Lipinski definition) is 1. The van der Waals surface area contributed by atoms with Crippen LogP contribution in [0, 0.1) is 0 Å². The van der Waals surface area contributed by atoms with Crippen molar-refractivity contribution in [1.29, 1.82) is 0 Å². The number of nitrogens with one attached hydrogen (secondary N) is 1. The number of ether oxygens (including phenoxy) is 2. The molecule has 2 aromatic carbocycles. The van der Waals surface area contributed by atoms with E-state index in [4.69, 9.17) is 21.1 Å². The Labute approximate surface area is 159 Å². The van der Waals surface area contributed by atoms with Crippen molar-refractivity contribution < 1.29 is 9.47 Å². The van der Waals surface area contributed by atoms with Gasteiger partial charge in [0.15, 0.2) is 11.5 Å². The lowest BCUT2D eigenvalue weighted by atomic mass is 10.2. The minimum absolute atomic E-state index is 0.197. The fourth-order valence-electron chi connectivity index (χ4n) is 3.02. The Morgan fingerprint density at radius 2 is 2.00 bits per heavy atom. The van der Waals surface area contributed by atoms with Crippen molar-refractivity contribution in [3.8, 4) is 17.2 Å². The molecule has 0 saturated carbocycles. The summed E-state index contributed by atoms with van der Waals surface area (Å²) in [5, 5.41) is 8.68. The van der Waals surface area contributed by atoms with Crippen LogP contribution in [0.2, 0.25) is 5.28 Å². The average molecular weight is 380 g/mol. The predicted octanol–water partition coefficient (Wildman–Crippen LogP) is 3.81. The lowest BCUT2D eigenvalue weighted by Crippen LogP contribution is -2.04. The van der Waals surface area contributed by atoms with Gasteiger partial charge in [0, 0.05) is 24.3 Å². The third kappa shape index (κ3) is 3.02. The lowest BCUT2D eigenvalue weighted by Gasteiger charge is -2.11. The Kier molecular flexibility index (Phi) is 3.79. The summed E-state index contributed by atoms with van der Waals surface area (Å²) in [5.41, 5.74) is 2.73. The van der Waals surface area contributed by atoms with E-state index in [1.807, 2.05) is 48.7 Å². The minimum atomic E-state index is 0.197. The molecule has 0 aliphatic carbocycles. The fourth-order valence-corrected chi connectivity index (χ4v) is 3.20. The van der Waals surface area contributed by atoms with Crippen molar-refractivity contribution in [2.75, 3.05) is 12.1 Å². The number of benzene rings is 2.